The Kier molecular flexibility index (Phi) is 8.11. The number of carbonyl (C=O) groups excluding carboxylic acids is 1. The highest BCUT2D eigenvalue weighted by Gasteiger charge is 2.29. The summed E-state index contributed by atoms with van der Waals surface area (Å²) in [6.07, 6.45) is 1.08. The zero-order valence-electron chi connectivity index (χ0n) is 18.1. The minimum absolute atomic E-state index is 0.261. The number of benzene rings is 2. The van der Waals surface area contributed by atoms with Crippen LogP contribution in [0.5, 0.6) is 11.5 Å². The number of anilines is 1. The molecule has 0 spiro atoms. The quantitative estimate of drug-likeness (QED) is 0.581. The molecule has 0 aliphatic carbocycles. The van der Waals surface area contributed by atoms with Gasteiger partial charge in [0.2, 0.25) is 15.9 Å². The molecule has 2 aromatic rings. The van der Waals surface area contributed by atoms with Gasteiger partial charge in [0.05, 0.1) is 25.1 Å². The molecule has 0 fully saturated rings. The normalized spacial score (nSPS) is 12.2. The number of ether oxygens (including phenoxy) is 2. The fraction of sp³-hybridized carbons (Fsp3) is 0.409. The molecule has 0 saturated carbocycles. The van der Waals surface area contributed by atoms with Gasteiger partial charge in [-0.05, 0) is 63.6 Å². The van der Waals surface area contributed by atoms with E-state index in [0.29, 0.717) is 18.0 Å². The third kappa shape index (κ3) is 6.38. The van der Waals surface area contributed by atoms with Crippen LogP contribution in [0.3, 0.4) is 0 Å². The molecule has 0 saturated heterocycles. The third-order valence-electron chi connectivity index (χ3n) is 4.48. The SMILES string of the molecule is CCOc1ccc(N([C@@H](C)C(=O)NCCOc2ccc(C)cc2C)S(C)(=O)=O)cc1. The predicted molar refractivity (Wildman–Crippen MR) is 119 cm³/mol. The van der Waals surface area contributed by atoms with Gasteiger partial charge in [0.25, 0.3) is 0 Å². The summed E-state index contributed by atoms with van der Waals surface area (Å²) in [5.74, 6) is 0.990. The largest absolute Gasteiger partial charge is 0.494 e. The first kappa shape index (κ1) is 23.5. The van der Waals surface area contributed by atoms with E-state index >= 15 is 0 Å². The average Bonchev–Trinajstić information content (AvgIpc) is 2.67. The lowest BCUT2D eigenvalue weighted by Gasteiger charge is -2.28. The summed E-state index contributed by atoms with van der Waals surface area (Å²) in [6.45, 7) is 8.45. The molecular formula is C22H30N2O5S. The van der Waals surface area contributed by atoms with E-state index in [-0.39, 0.29) is 13.2 Å². The number of hydrogen-bond donors (Lipinski definition) is 1. The molecule has 1 amide bonds. The molecule has 2 aromatic carbocycles. The Labute approximate surface area is 179 Å². The summed E-state index contributed by atoms with van der Waals surface area (Å²) in [5, 5.41) is 2.74. The van der Waals surface area contributed by atoms with Crippen LogP contribution in [0.1, 0.15) is 25.0 Å². The van der Waals surface area contributed by atoms with Crippen LogP contribution in [0.15, 0.2) is 42.5 Å². The van der Waals surface area contributed by atoms with Crippen LogP contribution in [0.25, 0.3) is 0 Å². The van der Waals surface area contributed by atoms with Crippen molar-refractivity contribution < 1.29 is 22.7 Å². The number of amides is 1. The number of rotatable bonds is 10. The summed E-state index contributed by atoms with van der Waals surface area (Å²) in [5.41, 5.74) is 2.57. The average molecular weight is 435 g/mol. The Morgan fingerprint density at radius 3 is 2.33 bits per heavy atom. The van der Waals surface area contributed by atoms with Crippen LogP contribution >= 0.6 is 0 Å². The zero-order chi connectivity index (χ0) is 22.3. The first-order valence-corrected chi connectivity index (χ1v) is 11.7. The lowest BCUT2D eigenvalue weighted by molar-refractivity contribution is -0.121. The van der Waals surface area contributed by atoms with Gasteiger partial charge in [0, 0.05) is 0 Å². The molecule has 1 atom stereocenters. The van der Waals surface area contributed by atoms with Crippen LogP contribution < -0.4 is 19.1 Å². The molecule has 164 valence electrons. The van der Waals surface area contributed by atoms with E-state index in [9.17, 15) is 13.2 Å². The van der Waals surface area contributed by atoms with Crippen molar-refractivity contribution >= 4 is 21.6 Å². The van der Waals surface area contributed by atoms with Gasteiger partial charge in [0.15, 0.2) is 0 Å². The standard InChI is InChI=1S/C22H30N2O5S/c1-6-28-20-10-8-19(9-11-20)24(30(5,26)27)18(4)22(25)23-13-14-29-21-12-7-16(2)15-17(21)3/h7-12,15,18H,6,13-14H2,1-5H3,(H,23,25)/t18-/m0/s1. The first-order valence-electron chi connectivity index (χ1n) is 9.83. The van der Waals surface area contributed by atoms with Crippen molar-refractivity contribution in [1.82, 2.24) is 5.32 Å². The lowest BCUT2D eigenvalue weighted by atomic mass is 10.1. The van der Waals surface area contributed by atoms with E-state index in [1.54, 1.807) is 31.2 Å². The van der Waals surface area contributed by atoms with Crippen molar-refractivity contribution in [3.05, 3.63) is 53.6 Å². The number of carbonyl (C=O) groups is 1. The number of nitrogens with one attached hydrogen (secondary N) is 1. The highest BCUT2D eigenvalue weighted by Crippen LogP contribution is 2.24. The van der Waals surface area contributed by atoms with Crippen LogP contribution in [0.4, 0.5) is 5.69 Å². The fourth-order valence-corrected chi connectivity index (χ4v) is 4.28. The van der Waals surface area contributed by atoms with Gasteiger partial charge >= 0.3 is 0 Å². The van der Waals surface area contributed by atoms with Gasteiger partial charge in [0.1, 0.15) is 24.1 Å². The predicted octanol–water partition coefficient (Wildman–Crippen LogP) is 3.05. The molecule has 0 aromatic heterocycles. The lowest BCUT2D eigenvalue weighted by Crippen LogP contribution is -2.48. The Morgan fingerprint density at radius 1 is 1.10 bits per heavy atom. The molecule has 0 aliphatic rings. The minimum atomic E-state index is -3.67. The molecule has 8 heteroatoms. The number of aryl methyl sites for hydroxylation is 2. The summed E-state index contributed by atoms with van der Waals surface area (Å²) < 4.78 is 36.9. The molecule has 0 aliphatic heterocycles. The smallest absolute Gasteiger partial charge is 0.243 e. The first-order chi connectivity index (χ1) is 14.1. The summed E-state index contributed by atoms with van der Waals surface area (Å²) in [7, 11) is -3.67. The van der Waals surface area contributed by atoms with Crippen LogP contribution in [-0.4, -0.2) is 46.4 Å². The number of hydrogen-bond acceptors (Lipinski definition) is 5. The van der Waals surface area contributed by atoms with E-state index < -0.39 is 22.0 Å². The maximum absolute atomic E-state index is 12.6. The van der Waals surface area contributed by atoms with Crippen LogP contribution in [0.2, 0.25) is 0 Å². The van der Waals surface area contributed by atoms with Gasteiger partial charge in [-0.3, -0.25) is 9.10 Å². The molecule has 0 bridgehead atoms. The second kappa shape index (κ2) is 10.3. The third-order valence-corrected chi connectivity index (χ3v) is 5.72. The molecule has 0 radical (unpaired) electrons. The highest BCUT2D eigenvalue weighted by atomic mass is 32.2. The molecule has 1 N–H and O–H groups in total. The summed E-state index contributed by atoms with van der Waals surface area (Å²) in [4.78, 5) is 12.6. The van der Waals surface area contributed by atoms with Gasteiger partial charge in [-0.2, -0.15) is 0 Å². The van der Waals surface area contributed by atoms with E-state index in [2.05, 4.69) is 5.32 Å². The monoisotopic (exact) mass is 434 g/mol. The maximum Gasteiger partial charge on any atom is 0.243 e. The van der Waals surface area contributed by atoms with E-state index in [1.807, 2.05) is 39.0 Å². The zero-order valence-corrected chi connectivity index (χ0v) is 19.0. The Bertz CT molecular complexity index is 958. The van der Waals surface area contributed by atoms with Crippen LogP contribution in [0, 0.1) is 13.8 Å². The van der Waals surface area contributed by atoms with E-state index in [4.69, 9.17) is 9.47 Å². The fourth-order valence-electron chi connectivity index (χ4n) is 3.11. The van der Waals surface area contributed by atoms with Crippen molar-refractivity contribution in [2.45, 2.75) is 33.7 Å². The molecular weight excluding hydrogens is 404 g/mol. The molecule has 0 heterocycles. The van der Waals surface area contributed by atoms with E-state index in [0.717, 1.165) is 27.4 Å². The molecule has 7 nitrogen and oxygen atoms in total. The second-order valence-corrected chi connectivity index (χ2v) is 8.93. The van der Waals surface area contributed by atoms with Crippen LogP contribution in [-0.2, 0) is 14.8 Å². The van der Waals surface area contributed by atoms with Gasteiger partial charge in [-0.15, -0.1) is 0 Å². The Balaban J connectivity index is 1.99. The van der Waals surface area contributed by atoms with Crippen molar-refractivity contribution in [3.8, 4) is 11.5 Å². The molecule has 2 rings (SSSR count). The molecule has 30 heavy (non-hydrogen) atoms. The van der Waals surface area contributed by atoms with Gasteiger partial charge < -0.3 is 14.8 Å². The van der Waals surface area contributed by atoms with Crippen molar-refractivity contribution in [3.63, 3.8) is 0 Å². The molecule has 0 unspecified atom stereocenters. The van der Waals surface area contributed by atoms with Crippen molar-refractivity contribution in [2.75, 3.05) is 30.3 Å². The number of nitrogens with zero attached hydrogens (tertiary/aromatic N) is 1. The Morgan fingerprint density at radius 2 is 1.77 bits per heavy atom. The topological polar surface area (TPSA) is 84.9 Å². The minimum Gasteiger partial charge on any atom is -0.494 e. The van der Waals surface area contributed by atoms with Crippen molar-refractivity contribution in [2.24, 2.45) is 0 Å². The Hall–Kier alpha value is -2.74. The highest BCUT2D eigenvalue weighted by molar-refractivity contribution is 7.92. The van der Waals surface area contributed by atoms with Crippen molar-refractivity contribution in [1.29, 1.82) is 0 Å². The van der Waals surface area contributed by atoms with Gasteiger partial charge in [-0.1, -0.05) is 17.7 Å². The van der Waals surface area contributed by atoms with E-state index in [1.165, 1.54) is 0 Å². The number of sulfonamides is 1. The summed E-state index contributed by atoms with van der Waals surface area (Å²) >= 11 is 0. The second-order valence-electron chi connectivity index (χ2n) is 7.07. The summed E-state index contributed by atoms with van der Waals surface area (Å²) in [6, 6.07) is 11.6. The van der Waals surface area contributed by atoms with Gasteiger partial charge in [-0.25, -0.2) is 8.42 Å². The maximum atomic E-state index is 12.6.